The number of aliphatic hydroxyl groups excluding tert-OH is 1. The summed E-state index contributed by atoms with van der Waals surface area (Å²) < 4.78 is 20.4. The van der Waals surface area contributed by atoms with Crippen molar-refractivity contribution >= 4 is 7.60 Å². The van der Waals surface area contributed by atoms with E-state index >= 15 is 0 Å². The van der Waals surface area contributed by atoms with Crippen molar-refractivity contribution in [2.75, 3.05) is 13.7 Å². The molecule has 0 amide bonds. The molecule has 0 spiro atoms. The highest BCUT2D eigenvalue weighted by molar-refractivity contribution is 7.55. The van der Waals surface area contributed by atoms with Gasteiger partial charge in [0.05, 0.1) is 6.61 Å². The van der Waals surface area contributed by atoms with Gasteiger partial charge < -0.3 is 24.4 Å². The number of ether oxygens (including phenoxy) is 2. The molecule has 1 saturated heterocycles. The maximum Gasteiger partial charge on any atom is 0.348 e. The minimum absolute atomic E-state index is 0.216. The molecule has 1 aliphatic heterocycles. The number of rotatable bonds is 3. The number of hydrogen-bond acceptors (Lipinski definition) is 4. The molecule has 1 fully saturated rings. The highest BCUT2D eigenvalue weighted by atomic mass is 31.2. The van der Waals surface area contributed by atoms with Gasteiger partial charge >= 0.3 is 7.60 Å². The summed E-state index contributed by atoms with van der Waals surface area (Å²) in [5.74, 6) is 0.721. The lowest BCUT2D eigenvalue weighted by atomic mass is 10.1. The lowest BCUT2D eigenvalue weighted by molar-refractivity contribution is 0.0140. The van der Waals surface area contributed by atoms with Crippen LogP contribution in [0.1, 0.15) is 0 Å². The van der Waals surface area contributed by atoms with Gasteiger partial charge in [0, 0.05) is 12.9 Å². The van der Waals surface area contributed by atoms with Gasteiger partial charge in [-0.2, -0.15) is 0 Å². The van der Waals surface area contributed by atoms with E-state index in [0.717, 1.165) is 11.9 Å². The first kappa shape index (κ1) is 11.8. The van der Waals surface area contributed by atoms with Crippen molar-refractivity contribution in [2.45, 2.75) is 18.3 Å². The van der Waals surface area contributed by atoms with Crippen molar-refractivity contribution < 1.29 is 28.9 Å². The fraction of sp³-hybridized carbons (Fsp3) is 0.714. The summed E-state index contributed by atoms with van der Waals surface area (Å²) in [5, 5.41) is 9.49. The van der Waals surface area contributed by atoms with Crippen LogP contribution in [0.4, 0.5) is 0 Å². The summed E-state index contributed by atoms with van der Waals surface area (Å²) in [4.78, 5) is 17.1. The molecule has 1 rings (SSSR count). The predicted octanol–water partition coefficient (Wildman–Crippen LogP) is -0.548. The molecular formula is C7H13O6P. The Morgan fingerprint density at radius 3 is 2.64 bits per heavy atom. The fourth-order valence-electron chi connectivity index (χ4n) is 1.19. The maximum absolute atomic E-state index is 10.5. The van der Waals surface area contributed by atoms with Crippen LogP contribution >= 0.6 is 7.60 Å². The zero-order valence-electron chi connectivity index (χ0n) is 7.61. The topological polar surface area (TPSA) is 96.2 Å². The molecule has 14 heavy (non-hydrogen) atoms. The van der Waals surface area contributed by atoms with Crippen LogP contribution < -0.4 is 0 Å². The molecule has 0 saturated carbocycles. The standard InChI is InChI=1S/C7H13O6P/c1-12-6-4-13-5(7(6)8)2-3-14(9,10)11/h2-3,5-8H,4H2,1H3,(H2,9,10,11)/b3-2-/t5-,6?,7+/m1/s1. The number of hydrogen-bond donors (Lipinski definition) is 3. The summed E-state index contributed by atoms with van der Waals surface area (Å²) in [6, 6.07) is 0. The Labute approximate surface area is 81.3 Å². The van der Waals surface area contributed by atoms with Crippen molar-refractivity contribution in [1.29, 1.82) is 0 Å². The van der Waals surface area contributed by atoms with Gasteiger partial charge in [-0.05, 0) is 6.08 Å². The summed E-state index contributed by atoms with van der Waals surface area (Å²) >= 11 is 0. The highest BCUT2D eigenvalue weighted by Crippen LogP contribution is 2.36. The Hall–Kier alpha value is -0.230. The van der Waals surface area contributed by atoms with Gasteiger partial charge in [-0.15, -0.1) is 0 Å². The summed E-state index contributed by atoms with van der Waals surface area (Å²) in [6.45, 7) is 0.216. The van der Waals surface area contributed by atoms with Crippen molar-refractivity contribution in [1.82, 2.24) is 0 Å². The van der Waals surface area contributed by atoms with Crippen LogP contribution in [0, 0.1) is 0 Å². The van der Waals surface area contributed by atoms with Gasteiger partial charge in [-0.25, -0.2) is 0 Å². The first-order valence-corrected chi connectivity index (χ1v) is 5.69. The van der Waals surface area contributed by atoms with E-state index in [1.807, 2.05) is 0 Å². The van der Waals surface area contributed by atoms with E-state index in [1.165, 1.54) is 7.11 Å². The minimum Gasteiger partial charge on any atom is -0.387 e. The zero-order valence-corrected chi connectivity index (χ0v) is 8.50. The monoisotopic (exact) mass is 224 g/mol. The fourth-order valence-corrected chi connectivity index (χ4v) is 1.58. The van der Waals surface area contributed by atoms with Gasteiger partial charge in [0.2, 0.25) is 0 Å². The van der Waals surface area contributed by atoms with Crippen LogP contribution in [0.15, 0.2) is 11.9 Å². The largest absolute Gasteiger partial charge is 0.387 e. The van der Waals surface area contributed by atoms with Gasteiger partial charge in [0.25, 0.3) is 0 Å². The van der Waals surface area contributed by atoms with Gasteiger partial charge in [-0.1, -0.05) is 0 Å². The normalized spacial score (nSPS) is 34.1. The average molecular weight is 224 g/mol. The predicted molar refractivity (Wildman–Crippen MR) is 47.7 cm³/mol. The molecule has 6 nitrogen and oxygen atoms in total. The van der Waals surface area contributed by atoms with Gasteiger partial charge in [0.15, 0.2) is 0 Å². The molecule has 7 heteroatoms. The average Bonchev–Trinajstić information content (AvgIpc) is 2.42. The van der Waals surface area contributed by atoms with Crippen LogP contribution in [-0.2, 0) is 14.0 Å². The molecule has 0 radical (unpaired) electrons. The number of aliphatic hydroxyl groups is 1. The second kappa shape index (κ2) is 4.53. The van der Waals surface area contributed by atoms with Gasteiger partial charge in [0.1, 0.15) is 18.3 Å². The highest BCUT2D eigenvalue weighted by Gasteiger charge is 2.34. The third-order valence-corrected chi connectivity index (χ3v) is 2.50. The Morgan fingerprint density at radius 1 is 1.57 bits per heavy atom. The van der Waals surface area contributed by atoms with Gasteiger partial charge in [-0.3, -0.25) is 4.57 Å². The van der Waals surface area contributed by atoms with Crippen LogP contribution in [0.2, 0.25) is 0 Å². The Balaban J connectivity index is 2.56. The van der Waals surface area contributed by atoms with Crippen molar-refractivity contribution in [3.8, 4) is 0 Å². The van der Waals surface area contributed by atoms with E-state index < -0.39 is 25.9 Å². The SMILES string of the molecule is COC1CO[C@H](/C=C\P(=O)(O)O)[C@@H]1O. The van der Waals surface area contributed by atoms with E-state index in [-0.39, 0.29) is 6.61 Å². The van der Waals surface area contributed by atoms with Crippen LogP contribution in [0.3, 0.4) is 0 Å². The molecule has 3 atom stereocenters. The van der Waals surface area contributed by atoms with Crippen LogP contribution in [0.5, 0.6) is 0 Å². The molecule has 82 valence electrons. The Bertz CT molecular complexity index is 259. The Morgan fingerprint density at radius 2 is 2.21 bits per heavy atom. The van der Waals surface area contributed by atoms with Crippen molar-refractivity contribution in [3.63, 3.8) is 0 Å². The number of methoxy groups -OCH3 is 1. The molecule has 1 unspecified atom stereocenters. The third-order valence-electron chi connectivity index (χ3n) is 1.94. The van der Waals surface area contributed by atoms with Crippen LogP contribution in [0.25, 0.3) is 0 Å². The van der Waals surface area contributed by atoms with E-state index in [0.29, 0.717) is 0 Å². The van der Waals surface area contributed by atoms with Crippen LogP contribution in [-0.4, -0.2) is 46.9 Å². The lowest BCUT2D eigenvalue weighted by Crippen LogP contribution is -2.30. The van der Waals surface area contributed by atoms with E-state index in [2.05, 4.69) is 0 Å². The van der Waals surface area contributed by atoms with E-state index in [1.54, 1.807) is 0 Å². The molecule has 0 bridgehead atoms. The van der Waals surface area contributed by atoms with Crippen molar-refractivity contribution in [2.24, 2.45) is 0 Å². The smallest absolute Gasteiger partial charge is 0.348 e. The maximum atomic E-state index is 10.5. The van der Waals surface area contributed by atoms with E-state index in [9.17, 15) is 9.67 Å². The third kappa shape index (κ3) is 3.16. The lowest BCUT2D eigenvalue weighted by Gasteiger charge is -2.12. The molecule has 0 aliphatic carbocycles. The zero-order chi connectivity index (χ0) is 10.8. The molecule has 0 aromatic carbocycles. The molecule has 1 aliphatic rings. The molecule has 0 aromatic heterocycles. The first-order valence-electron chi connectivity index (χ1n) is 4.01. The second-order valence-corrected chi connectivity index (χ2v) is 4.47. The molecule has 3 N–H and O–H groups in total. The second-order valence-electron chi connectivity index (χ2n) is 2.99. The summed E-state index contributed by atoms with van der Waals surface area (Å²) in [6.07, 6.45) is -0.887. The quantitative estimate of drug-likeness (QED) is 0.557. The van der Waals surface area contributed by atoms with E-state index in [4.69, 9.17) is 19.3 Å². The molecule has 0 aromatic rings. The summed E-state index contributed by atoms with van der Waals surface area (Å²) in [5.41, 5.74) is 0. The molecular weight excluding hydrogens is 211 g/mol. The summed E-state index contributed by atoms with van der Waals surface area (Å²) in [7, 11) is -2.75. The minimum atomic E-state index is -4.19. The first-order chi connectivity index (χ1) is 6.44. The van der Waals surface area contributed by atoms with Crippen molar-refractivity contribution in [3.05, 3.63) is 11.9 Å². The molecule has 1 heterocycles. The Kier molecular flexibility index (Phi) is 3.83.